The third kappa shape index (κ3) is 5.63. The van der Waals surface area contributed by atoms with Gasteiger partial charge in [-0.3, -0.25) is 0 Å². The predicted octanol–water partition coefficient (Wildman–Crippen LogP) is 3.91. The summed E-state index contributed by atoms with van der Waals surface area (Å²) in [6.45, 7) is 5.25. The van der Waals surface area contributed by atoms with E-state index in [1.807, 2.05) is 0 Å². The number of ether oxygens (including phenoxy) is 2. The van der Waals surface area contributed by atoms with Crippen LogP contribution in [0.3, 0.4) is 0 Å². The highest BCUT2D eigenvalue weighted by molar-refractivity contribution is 5.82. The number of esters is 1. The maximum Gasteiger partial charge on any atom is 0.459 e. The van der Waals surface area contributed by atoms with Crippen molar-refractivity contribution in [2.45, 2.75) is 64.3 Å². The number of alkyl halides is 7. The minimum absolute atomic E-state index is 0.263. The van der Waals surface area contributed by atoms with E-state index in [9.17, 15) is 40.3 Å². The maximum atomic E-state index is 13.9. The Morgan fingerprint density at radius 2 is 1.46 bits per heavy atom. The number of nitrogens with one attached hydrogen (secondary N) is 1. The van der Waals surface area contributed by atoms with Gasteiger partial charge in [-0.1, -0.05) is 6.92 Å². The van der Waals surface area contributed by atoms with Gasteiger partial charge in [0.15, 0.2) is 0 Å². The highest BCUT2D eigenvalue weighted by Crippen LogP contribution is 2.50. The van der Waals surface area contributed by atoms with Gasteiger partial charge in [0, 0.05) is 0 Å². The van der Waals surface area contributed by atoms with E-state index in [-0.39, 0.29) is 13.5 Å². The summed E-state index contributed by atoms with van der Waals surface area (Å²) in [6.07, 6.45) is -8.04. The van der Waals surface area contributed by atoms with E-state index in [0.717, 1.165) is 0 Å². The molecule has 0 saturated heterocycles. The zero-order chi connectivity index (χ0) is 21.1. The quantitative estimate of drug-likeness (QED) is 0.543. The van der Waals surface area contributed by atoms with Gasteiger partial charge in [-0.2, -0.15) is 30.7 Å². The van der Waals surface area contributed by atoms with Gasteiger partial charge in [-0.15, -0.1) is 0 Å². The summed E-state index contributed by atoms with van der Waals surface area (Å²) in [5, 5.41) is 1.57. The first-order valence-electron chi connectivity index (χ1n) is 7.37. The first-order valence-corrected chi connectivity index (χ1v) is 7.37. The van der Waals surface area contributed by atoms with Gasteiger partial charge in [-0.05, 0) is 27.7 Å². The van der Waals surface area contributed by atoms with Crippen LogP contribution >= 0.6 is 0 Å². The van der Waals surface area contributed by atoms with Crippen LogP contribution in [0, 0.1) is 5.92 Å². The molecule has 1 amide bonds. The number of carbonyl (C=O) groups excluding carboxylic acids is 2. The molecule has 0 radical (unpaired) electrons. The Balaban J connectivity index is 5.75. The number of rotatable bonds is 6. The number of hydrogen-bond donors (Lipinski definition) is 1. The predicted molar refractivity (Wildman–Crippen MR) is 74.9 cm³/mol. The van der Waals surface area contributed by atoms with Crippen LogP contribution in [0.5, 0.6) is 0 Å². The minimum atomic E-state index is -6.57. The summed E-state index contributed by atoms with van der Waals surface area (Å²) in [5.41, 5.74) is -1.15. The van der Waals surface area contributed by atoms with E-state index < -0.39 is 47.6 Å². The number of hydrogen-bond acceptors (Lipinski definition) is 4. The van der Waals surface area contributed by atoms with Crippen LogP contribution in [-0.4, -0.2) is 48.3 Å². The fraction of sp³-hybridized carbons (Fsp3) is 0.857. The van der Waals surface area contributed by atoms with E-state index in [0.29, 0.717) is 0 Å². The van der Waals surface area contributed by atoms with Gasteiger partial charge in [-0.25, -0.2) is 9.59 Å². The van der Waals surface area contributed by atoms with Crippen LogP contribution in [0.25, 0.3) is 0 Å². The molecule has 0 bridgehead atoms. The van der Waals surface area contributed by atoms with Gasteiger partial charge in [0.1, 0.15) is 11.6 Å². The molecule has 0 aliphatic rings. The Bertz CT molecular complexity index is 514. The highest BCUT2D eigenvalue weighted by atomic mass is 19.4. The van der Waals surface area contributed by atoms with Crippen LogP contribution < -0.4 is 5.32 Å². The highest BCUT2D eigenvalue weighted by Gasteiger charge is 2.75. The third-order valence-corrected chi connectivity index (χ3v) is 3.06. The topological polar surface area (TPSA) is 64.6 Å². The molecule has 0 aromatic rings. The lowest BCUT2D eigenvalue weighted by atomic mass is 9.90. The molecule has 0 aliphatic carbocycles. The van der Waals surface area contributed by atoms with Gasteiger partial charge in [0.25, 0.3) is 0 Å². The van der Waals surface area contributed by atoms with Crippen LogP contribution in [0.1, 0.15) is 34.6 Å². The minimum Gasteiger partial charge on any atom is -0.464 e. The van der Waals surface area contributed by atoms with Gasteiger partial charge < -0.3 is 14.8 Å². The molecule has 0 spiro atoms. The summed E-state index contributed by atoms with van der Waals surface area (Å²) in [7, 11) is 0. The Kier molecular flexibility index (Phi) is 7.34. The average Bonchev–Trinajstić information content (AvgIpc) is 2.40. The first kappa shape index (κ1) is 24.2. The van der Waals surface area contributed by atoms with E-state index in [1.165, 1.54) is 27.7 Å². The van der Waals surface area contributed by atoms with E-state index in [2.05, 4.69) is 4.74 Å². The smallest absolute Gasteiger partial charge is 0.459 e. The normalized spacial score (nSPS) is 15.8. The monoisotopic (exact) mass is 399 g/mol. The van der Waals surface area contributed by atoms with Crippen LogP contribution in [-0.2, 0) is 14.3 Å². The van der Waals surface area contributed by atoms with Crippen molar-refractivity contribution in [3.05, 3.63) is 0 Å². The fourth-order valence-electron chi connectivity index (χ4n) is 1.74. The zero-order valence-electron chi connectivity index (χ0n) is 14.6. The standard InChI is InChI=1S/C14H20F7NO4/c1-6-25-9(23)8(22-10(24)26-11(3,4)5)7(2)12(15,16)13(17,18)14(19,20)21/h7-8H,6H2,1-5H3,(H,22,24). The van der Waals surface area contributed by atoms with Gasteiger partial charge >= 0.3 is 30.1 Å². The number of halogens is 7. The molecule has 2 atom stereocenters. The molecule has 0 aromatic carbocycles. The molecule has 0 aliphatic heterocycles. The molecule has 154 valence electrons. The van der Waals surface area contributed by atoms with Crippen molar-refractivity contribution in [3.63, 3.8) is 0 Å². The molecule has 1 N–H and O–H groups in total. The second kappa shape index (κ2) is 7.87. The zero-order valence-corrected chi connectivity index (χ0v) is 14.6. The summed E-state index contributed by atoms with van der Waals surface area (Å²) in [4.78, 5) is 23.4. The molecule has 2 unspecified atom stereocenters. The van der Waals surface area contributed by atoms with E-state index in [4.69, 9.17) is 4.74 Å². The van der Waals surface area contributed by atoms with Crippen LogP contribution in [0.15, 0.2) is 0 Å². The van der Waals surface area contributed by atoms with E-state index in [1.54, 1.807) is 5.32 Å². The van der Waals surface area contributed by atoms with E-state index >= 15 is 0 Å². The summed E-state index contributed by atoms with van der Waals surface area (Å²) in [5.74, 6) is -16.7. The Labute approximate surface area is 145 Å². The number of alkyl carbamates (subject to hydrolysis) is 1. The van der Waals surface area contributed by atoms with Crippen molar-refractivity contribution in [2.75, 3.05) is 6.61 Å². The molecule has 0 rings (SSSR count). The molecule has 12 heteroatoms. The summed E-state index contributed by atoms with van der Waals surface area (Å²) < 4.78 is 100. The molecule has 26 heavy (non-hydrogen) atoms. The Hall–Kier alpha value is -1.75. The van der Waals surface area contributed by atoms with Crippen molar-refractivity contribution in [3.8, 4) is 0 Å². The van der Waals surface area contributed by atoms with Crippen LogP contribution in [0.4, 0.5) is 35.5 Å². The second-order valence-corrected chi connectivity index (χ2v) is 6.36. The van der Waals surface area contributed by atoms with Crippen LogP contribution in [0.2, 0.25) is 0 Å². The summed E-state index contributed by atoms with van der Waals surface area (Å²) >= 11 is 0. The van der Waals surface area contributed by atoms with Crippen molar-refractivity contribution in [2.24, 2.45) is 5.92 Å². The first-order chi connectivity index (χ1) is 11.4. The molecule has 0 heterocycles. The Morgan fingerprint density at radius 1 is 1.00 bits per heavy atom. The lowest BCUT2D eigenvalue weighted by Crippen LogP contribution is -2.61. The van der Waals surface area contributed by atoms with Gasteiger partial charge in [0.2, 0.25) is 0 Å². The Morgan fingerprint density at radius 3 is 1.81 bits per heavy atom. The molecular weight excluding hydrogens is 379 g/mol. The molecule has 0 aromatic heterocycles. The fourth-order valence-corrected chi connectivity index (χ4v) is 1.74. The lowest BCUT2D eigenvalue weighted by molar-refractivity contribution is -0.365. The van der Waals surface area contributed by atoms with Crippen molar-refractivity contribution >= 4 is 12.1 Å². The number of carbonyl (C=O) groups is 2. The lowest BCUT2D eigenvalue weighted by Gasteiger charge is -2.35. The molecule has 0 saturated carbocycles. The second-order valence-electron chi connectivity index (χ2n) is 6.36. The molecular formula is C14H20F7NO4. The average molecular weight is 399 g/mol. The van der Waals surface area contributed by atoms with Crippen molar-refractivity contribution in [1.82, 2.24) is 5.32 Å². The third-order valence-electron chi connectivity index (χ3n) is 3.06. The molecule has 0 fully saturated rings. The SMILES string of the molecule is CCOC(=O)C(NC(=O)OC(C)(C)C)C(C)C(F)(F)C(F)(F)C(F)(F)F. The molecule has 5 nitrogen and oxygen atoms in total. The number of amides is 1. The maximum absolute atomic E-state index is 13.9. The summed E-state index contributed by atoms with van der Waals surface area (Å²) in [6, 6.07) is -2.51. The largest absolute Gasteiger partial charge is 0.464 e. The van der Waals surface area contributed by atoms with Crippen molar-refractivity contribution < 1.29 is 49.8 Å². The van der Waals surface area contributed by atoms with Crippen molar-refractivity contribution in [1.29, 1.82) is 0 Å². The van der Waals surface area contributed by atoms with Gasteiger partial charge in [0.05, 0.1) is 12.5 Å².